The Bertz CT molecular complexity index is 1030. The molecule has 7 heteroatoms. The molecule has 0 aliphatic carbocycles. The number of hydrogen-bond donors (Lipinski definition) is 2. The number of rotatable bonds is 8. The minimum absolute atomic E-state index is 0.151. The first-order valence-corrected chi connectivity index (χ1v) is 10.5. The first-order chi connectivity index (χ1) is 13.5. The Kier molecular flexibility index (Phi) is 6.16. The lowest BCUT2D eigenvalue weighted by molar-refractivity contribution is 0.0949. The van der Waals surface area contributed by atoms with E-state index in [9.17, 15) is 13.2 Å². The molecule has 0 bridgehead atoms. The van der Waals surface area contributed by atoms with E-state index in [1.807, 2.05) is 0 Å². The average molecular weight is 398 g/mol. The second kappa shape index (κ2) is 8.75. The third-order valence-electron chi connectivity index (χ3n) is 4.19. The Morgan fingerprint density at radius 3 is 2.43 bits per heavy atom. The van der Waals surface area contributed by atoms with Gasteiger partial charge in [-0.2, -0.15) is 0 Å². The van der Waals surface area contributed by atoms with Crippen molar-refractivity contribution in [2.24, 2.45) is 0 Å². The largest absolute Gasteiger partial charge is 0.467 e. The molecule has 0 unspecified atom stereocenters. The summed E-state index contributed by atoms with van der Waals surface area (Å²) in [5, 5.41) is 2.72. The third-order valence-corrected chi connectivity index (χ3v) is 5.57. The lowest BCUT2D eigenvalue weighted by Crippen LogP contribution is -2.24. The molecule has 1 heterocycles. The summed E-state index contributed by atoms with van der Waals surface area (Å²) in [6.45, 7) is 2.28. The van der Waals surface area contributed by atoms with Crippen LogP contribution in [-0.2, 0) is 23.0 Å². The molecule has 0 aliphatic rings. The van der Waals surface area contributed by atoms with Gasteiger partial charge in [0.1, 0.15) is 5.76 Å². The van der Waals surface area contributed by atoms with Gasteiger partial charge in [0.05, 0.1) is 29.0 Å². The van der Waals surface area contributed by atoms with Crippen LogP contribution in [0.4, 0.5) is 5.69 Å². The standard InChI is InChI=1S/C21H22N2O4S/c1-2-6-16-10-12-18(13-11-16)28(25,26)23-20-9-4-3-8-19(20)21(24)22-15-17-7-5-14-27-17/h3-5,7-14,23H,2,6,15H2,1H3,(H,22,24). The molecule has 0 saturated heterocycles. The second-order valence-corrected chi connectivity index (χ2v) is 7.99. The van der Waals surface area contributed by atoms with Crippen LogP contribution in [0.5, 0.6) is 0 Å². The fourth-order valence-corrected chi connectivity index (χ4v) is 3.85. The van der Waals surface area contributed by atoms with Gasteiger partial charge in [0.25, 0.3) is 15.9 Å². The highest BCUT2D eigenvalue weighted by Crippen LogP contribution is 2.21. The van der Waals surface area contributed by atoms with Crippen LogP contribution < -0.4 is 10.0 Å². The monoisotopic (exact) mass is 398 g/mol. The maximum atomic E-state index is 12.7. The van der Waals surface area contributed by atoms with Crippen LogP contribution in [0.25, 0.3) is 0 Å². The SMILES string of the molecule is CCCc1ccc(S(=O)(=O)Nc2ccccc2C(=O)NCc2ccco2)cc1. The topological polar surface area (TPSA) is 88.4 Å². The molecule has 2 N–H and O–H groups in total. The van der Waals surface area contributed by atoms with Crippen molar-refractivity contribution >= 4 is 21.6 Å². The van der Waals surface area contributed by atoms with Gasteiger partial charge in [-0.3, -0.25) is 9.52 Å². The molecule has 6 nitrogen and oxygen atoms in total. The quantitative estimate of drug-likeness (QED) is 0.601. The van der Waals surface area contributed by atoms with Crippen molar-refractivity contribution < 1.29 is 17.6 Å². The highest BCUT2D eigenvalue weighted by Gasteiger charge is 2.18. The summed E-state index contributed by atoms with van der Waals surface area (Å²) in [6.07, 6.45) is 3.41. The van der Waals surface area contributed by atoms with Gasteiger partial charge < -0.3 is 9.73 Å². The highest BCUT2D eigenvalue weighted by atomic mass is 32.2. The molecule has 146 valence electrons. The summed E-state index contributed by atoms with van der Waals surface area (Å²) in [5.74, 6) is 0.214. The van der Waals surface area contributed by atoms with E-state index in [4.69, 9.17) is 4.42 Å². The zero-order valence-corrected chi connectivity index (χ0v) is 16.3. The van der Waals surface area contributed by atoms with Crippen LogP contribution in [0, 0.1) is 0 Å². The van der Waals surface area contributed by atoms with Crippen molar-refractivity contribution in [2.45, 2.75) is 31.2 Å². The summed E-state index contributed by atoms with van der Waals surface area (Å²) in [4.78, 5) is 12.7. The maximum absolute atomic E-state index is 12.7. The van der Waals surface area contributed by atoms with Crippen LogP contribution in [0.3, 0.4) is 0 Å². The zero-order valence-electron chi connectivity index (χ0n) is 15.5. The minimum atomic E-state index is -3.81. The van der Waals surface area contributed by atoms with E-state index < -0.39 is 15.9 Å². The van der Waals surface area contributed by atoms with Gasteiger partial charge in [-0.05, 0) is 48.4 Å². The van der Waals surface area contributed by atoms with Crippen molar-refractivity contribution in [2.75, 3.05) is 4.72 Å². The summed E-state index contributed by atoms with van der Waals surface area (Å²) in [6, 6.07) is 16.7. The number of furan rings is 1. The Morgan fingerprint density at radius 2 is 1.75 bits per heavy atom. The first kappa shape index (κ1) is 19.7. The molecular weight excluding hydrogens is 376 g/mol. The van der Waals surface area contributed by atoms with Crippen molar-refractivity contribution in [1.82, 2.24) is 5.32 Å². The van der Waals surface area contributed by atoms with Crippen LogP contribution in [-0.4, -0.2) is 14.3 Å². The number of anilines is 1. The highest BCUT2D eigenvalue weighted by molar-refractivity contribution is 7.92. The molecule has 1 amide bonds. The van der Waals surface area contributed by atoms with Gasteiger partial charge in [0.2, 0.25) is 0 Å². The van der Waals surface area contributed by atoms with Crippen molar-refractivity contribution in [1.29, 1.82) is 0 Å². The van der Waals surface area contributed by atoms with Crippen LogP contribution in [0.2, 0.25) is 0 Å². The predicted octanol–water partition coefficient (Wildman–Crippen LogP) is 3.96. The smallest absolute Gasteiger partial charge is 0.261 e. The van der Waals surface area contributed by atoms with E-state index in [-0.39, 0.29) is 22.7 Å². The van der Waals surface area contributed by atoms with Gasteiger partial charge >= 0.3 is 0 Å². The third kappa shape index (κ3) is 4.80. The number of carbonyl (C=O) groups is 1. The minimum Gasteiger partial charge on any atom is -0.467 e. The lowest BCUT2D eigenvalue weighted by Gasteiger charge is -2.13. The fraction of sp³-hybridized carbons (Fsp3) is 0.190. The maximum Gasteiger partial charge on any atom is 0.261 e. The Hall–Kier alpha value is -3.06. The van der Waals surface area contributed by atoms with E-state index in [2.05, 4.69) is 17.0 Å². The predicted molar refractivity (Wildman–Crippen MR) is 108 cm³/mol. The summed E-state index contributed by atoms with van der Waals surface area (Å²) < 4.78 is 33.2. The number of hydrogen-bond acceptors (Lipinski definition) is 4. The first-order valence-electron chi connectivity index (χ1n) is 9.01. The van der Waals surface area contributed by atoms with E-state index in [0.29, 0.717) is 5.76 Å². The molecule has 3 aromatic rings. The van der Waals surface area contributed by atoms with Crippen molar-refractivity contribution in [3.05, 3.63) is 83.8 Å². The Balaban J connectivity index is 1.77. The van der Waals surface area contributed by atoms with E-state index in [1.165, 1.54) is 6.26 Å². The van der Waals surface area contributed by atoms with E-state index >= 15 is 0 Å². The normalized spacial score (nSPS) is 11.2. The van der Waals surface area contributed by atoms with Crippen LogP contribution >= 0.6 is 0 Å². The van der Waals surface area contributed by atoms with Crippen LogP contribution in [0.15, 0.2) is 76.2 Å². The molecule has 0 radical (unpaired) electrons. The molecule has 2 aromatic carbocycles. The summed E-state index contributed by atoms with van der Waals surface area (Å²) >= 11 is 0. The molecule has 1 aromatic heterocycles. The number of benzene rings is 2. The summed E-state index contributed by atoms with van der Waals surface area (Å²) in [7, 11) is -3.81. The molecule has 28 heavy (non-hydrogen) atoms. The lowest BCUT2D eigenvalue weighted by atomic mass is 10.1. The van der Waals surface area contributed by atoms with Gasteiger partial charge in [-0.15, -0.1) is 0 Å². The Morgan fingerprint density at radius 1 is 1.00 bits per heavy atom. The second-order valence-electron chi connectivity index (χ2n) is 6.31. The molecule has 0 spiro atoms. The molecule has 0 atom stereocenters. The van der Waals surface area contributed by atoms with Gasteiger partial charge in [-0.1, -0.05) is 37.6 Å². The van der Waals surface area contributed by atoms with Crippen molar-refractivity contribution in [3.8, 4) is 0 Å². The molecule has 0 saturated carbocycles. The van der Waals surface area contributed by atoms with Gasteiger partial charge in [0, 0.05) is 0 Å². The number of nitrogens with one attached hydrogen (secondary N) is 2. The van der Waals surface area contributed by atoms with Crippen LogP contribution in [0.1, 0.15) is 35.0 Å². The molecule has 0 fully saturated rings. The number of carbonyl (C=O) groups excluding carboxylic acids is 1. The number of para-hydroxylation sites is 1. The van der Waals surface area contributed by atoms with E-state index in [0.717, 1.165) is 18.4 Å². The molecule has 3 rings (SSSR count). The van der Waals surface area contributed by atoms with Crippen molar-refractivity contribution in [3.63, 3.8) is 0 Å². The number of amides is 1. The zero-order chi connectivity index (χ0) is 20.0. The van der Waals surface area contributed by atoms with Gasteiger partial charge in [-0.25, -0.2) is 8.42 Å². The number of aryl methyl sites for hydroxylation is 1. The molecule has 0 aliphatic heterocycles. The fourth-order valence-electron chi connectivity index (χ4n) is 2.77. The van der Waals surface area contributed by atoms with Gasteiger partial charge in [0.15, 0.2) is 0 Å². The molecular formula is C21H22N2O4S. The summed E-state index contributed by atoms with van der Waals surface area (Å²) in [5.41, 5.74) is 1.54. The number of sulfonamides is 1. The average Bonchev–Trinajstić information content (AvgIpc) is 3.21. The Labute approximate surface area is 164 Å². The van der Waals surface area contributed by atoms with E-state index in [1.54, 1.807) is 60.7 Å².